The molecule has 150 valence electrons. The van der Waals surface area contributed by atoms with Gasteiger partial charge in [-0.2, -0.15) is 5.10 Å². The van der Waals surface area contributed by atoms with Gasteiger partial charge in [0.05, 0.1) is 12.7 Å². The summed E-state index contributed by atoms with van der Waals surface area (Å²) in [4.78, 5) is 26.6. The van der Waals surface area contributed by atoms with Crippen LogP contribution in [0.15, 0.2) is 54.7 Å². The number of fused-ring (bicyclic) bond motifs is 1. The molecule has 0 aliphatic carbocycles. The number of para-hydroxylation sites is 1. The second kappa shape index (κ2) is 9.64. The Hall–Kier alpha value is -3.48. The lowest BCUT2D eigenvalue weighted by molar-refractivity contribution is -0.136. The van der Waals surface area contributed by atoms with Gasteiger partial charge >= 0.3 is 0 Å². The Morgan fingerprint density at radius 1 is 1.10 bits per heavy atom. The van der Waals surface area contributed by atoms with E-state index in [1.54, 1.807) is 6.20 Å². The number of nitrogens with one attached hydrogen (secondary N) is 1. The first-order valence-corrected chi connectivity index (χ1v) is 9.55. The lowest BCUT2D eigenvalue weighted by atomic mass is 10.2. The van der Waals surface area contributed by atoms with Crippen LogP contribution in [0.4, 0.5) is 5.69 Å². The van der Waals surface area contributed by atoms with E-state index in [9.17, 15) is 9.59 Å². The first-order valence-electron chi connectivity index (χ1n) is 9.55. The Balaban J connectivity index is 1.63. The highest BCUT2D eigenvalue weighted by Gasteiger charge is 2.18. The van der Waals surface area contributed by atoms with Crippen molar-refractivity contribution >= 4 is 28.3 Å². The van der Waals surface area contributed by atoms with Crippen LogP contribution in [-0.2, 0) is 9.59 Å². The van der Waals surface area contributed by atoms with Crippen molar-refractivity contribution in [3.05, 3.63) is 60.3 Å². The molecule has 0 fully saturated rings. The molecule has 0 spiro atoms. The fourth-order valence-electron chi connectivity index (χ4n) is 2.97. The fraction of sp³-hybridized carbons (Fsp3) is 0.273. The van der Waals surface area contributed by atoms with E-state index in [0.717, 1.165) is 28.4 Å². The van der Waals surface area contributed by atoms with Crippen molar-refractivity contribution in [2.24, 2.45) is 0 Å². The number of carbonyl (C=O) groups excluding carboxylic acids is 2. The number of anilines is 1. The number of benzene rings is 2. The Morgan fingerprint density at radius 3 is 2.66 bits per heavy atom. The van der Waals surface area contributed by atoms with E-state index >= 15 is 0 Å². The van der Waals surface area contributed by atoms with Gasteiger partial charge in [0.1, 0.15) is 0 Å². The second-order valence-corrected chi connectivity index (χ2v) is 6.70. The number of rotatable bonds is 8. The average Bonchev–Trinajstić information content (AvgIpc) is 2.73. The van der Waals surface area contributed by atoms with E-state index in [2.05, 4.69) is 15.5 Å². The van der Waals surface area contributed by atoms with Gasteiger partial charge < -0.3 is 15.0 Å². The lowest BCUT2D eigenvalue weighted by Crippen LogP contribution is -2.41. The predicted molar refractivity (Wildman–Crippen MR) is 112 cm³/mol. The van der Waals surface area contributed by atoms with E-state index < -0.39 is 0 Å². The van der Waals surface area contributed by atoms with Crippen molar-refractivity contribution in [1.82, 2.24) is 15.1 Å². The highest BCUT2D eigenvalue weighted by atomic mass is 16.5. The normalized spacial score (nSPS) is 10.6. The number of aromatic nitrogens is 2. The molecule has 0 aliphatic heterocycles. The van der Waals surface area contributed by atoms with Gasteiger partial charge in [0.15, 0.2) is 6.61 Å². The number of nitrogens with zero attached hydrogens (tertiary/aromatic N) is 3. The molecule has 1 aromatic heterocycles. The number of carbonyl (C=O) groups is 2. The number of amides is 2. The third-order valence-electron chi connectivity index (χ3n) is 4.47. The molecule has 0 bridgehead atoms. The summed E-state index contributed by atoms with van der Waals surface area (Å²) in [6.07, 6.45) is 2.38. The second-order valence-electron chi connectivity index (χ2n) is 6.70. The van der Waals surface area contributed by atoms with Gasteiger partial charge in [0.25, 0.3) is 5.91 Å². The minimum absolute atomic E-state index is 0.0361. The molecular formula is C22H24N4O3. The number of aryl methyl sites for hydroxylation is 1. The van der Waals surface area contributed by atoms with Crippen molar-refractivity contribution in [2.45, 2.75) is 20.3 Å². The standard InChI is InChI=1S/C22H24N4O3/c1-3-12-26(14-20(27)24-19-11-7-4-8-16(19)2)21(28)15-29-22-18-10-6-5-9-17(18)13-23-25-22/h4-11,13H,3,12,14-15H2,1-2H3,(H,24,27). The molecule has 3 rings (SSSR count). The summed E-state index contributed by atoms with van der Waals surface area (Å²) in [6, 6.07) is 15.1. The molecule has 7 heteroatoms. The maximum absolute atomic E-state index is 12.7. The molecular weight excluding hydrogens is 368 g/mol. The molecule has 3 aromatic rings. The van der Waals surface area contributed by atoms with Crippen molar-refractivity contribution < 1.29 is 14.3 Å². The van der Waals surface area contributed by atoms with Crippen molar-refractivity contribution in [3.63, 3.8) is 0 Å². The summed E-state index contributed by atoms with van der Waals surface area (Å²) in [6.45, 7) is 4.09. The van der Waals surface area contributed by atoms with Gasteiger partial charge in [-0.3, -0.25) is 9.59 Å². The summed E-state index contributed by atoms with van der Waals surface area (Å²) in [5.74, 6) is -0.218. The largest absolute Gasteiger partial charge is 0.466 e. The SMILES string of the molecule is CCCN(CC(=O)Nc1ccccc1C)C(=O)COc1nncc2ccccc12. The first kappa shape index (κ1) is 20.3. The summed E-state index contributed by atoms with van der Waals surface area (Å²) in [5, 5.41) is 12.4. The minimum atomic E-state index is -0.276. The number of hydrogen-bond donors (Lipinski definition) is 1. The van der Waals surface area contributed by atoms with Crippen LogP contribution in [0.2, 0.25) is 0 Å². The highest BCUT2D eigenvalue weighted by molar-refractivity contribution is 5.95. The summed E-state index contributed by atoms with van der Waals surface area (Å²) >= 11 is 0. The van der Waals surface area contributed by atoms with Gasteiger partial charge in [-0.1, -0.05) is 43.3 Å². The summed E-state index contributed by atoms with van der Waals surface area (Å²) < 4.78 is 5.63. The van der Waals surface area contributed by atoms with Gasteiger partial charge in [0.2, 0.25) is 11.8 Å². The molecule has 29 heavy (non-hydrogen) atoms. The molecule has 0 saturated carbocycles. The molecule has 0 aliphatic rings. The van der Waals surface area contributed by atoms with Gasteiger partial charge in [0, 0.05) is 23.0 Å². The molecule has 0 radical (unpaired) electrons. The number of ether oxygens (including phenoxy) is 1. The Bertz CT molecular complexity index is 1000. The van der Waals surface area contributed by atoms with Crippen LogP contribution in [0.5, 0.6) is 5.88 Å². The van der Waals surface area contributed by atoms with Crippen molar-refractivity contribution in [2.75, 3.05) is 25.0 Å². The van der Waals surface area contributed by atoms with Gasteiger partial charge in [-0.05, 0) is 31.0 Å². The van der Waals surface area contributed by atoms with Crippen LogP contribution in [-0.4, -0.2) is 46.6 Å². The van der Waals surface area contributed by atoms with E-state index in [1.807, 2.05) is 62.4 Å². The van der Waals surface area contributed by atoms with E-state index in [1.165, 1.54) is 4.90 Å². The molecule has 0 atom stereocenters. The third kappa shape index (κ3) is 5.28. The van der Waals surface area contributed by atoms with Crippen LogP contribution in [0.25, 0.3) is 10.8 Å². The smallest absolute Gasteiger partial charge is 0.261 e. The van der Waals surface area contributed by atoms with Crippen LogP contribution in [0, 0.1) is 6.92 Å². The molecule has 0 saturated heterocycles. The minimum Gasteiger partial charge on any atom is -0.466 e. The number of hydrogen-bond acceptors (Lipinski definition) is 5. The van der Waals surface area contributed by atoms with Crippen LogP contribution >= 0.6 is 0 Å². The maximum atomic E-state index is 12.7. The Kier molecular flexibility index (Phi) is 6.73. The zero-order valence-corrected chi connectivity index (χ0v) is 16.6. The predicted octanol–water partition coefficient (Wildman–Crippen LogP) is 3.19. The monoisotopic (exact) mass is 392 g/mol. The summed E-state index contributed by atoms with van der Waals surface area (Å²) in [7, 11) is 0. The quantitative estimate of drug-likeness (QED) is 0.636. The fourth-order valence-corrected chi connectivity index (χ4v) is 2.97. The first-order chi connectivity index (χ1) is 14.1. The summed E-state index contributed by atoms with van der Waals surface area (Å²) in [5.41, 5.74) is 1.70. The molecule has 7 nitrogen and oxygen atoms in total. The van der Waals surface area contributed by atoms with Crippen LogP contribution in [0.3, 0.4) is 0 Å². The maximum Gasteiger partial charge on any atom is 0.261 e. The third-order valence-corrected chi connectivity index (χ3v) is 4.47. The molecule has 1 N–H and O–H groups in total. The Morgan fingerprint density at radius 2 is 1.86 bits per heavy atom. The molecule has 1 heterocycles. The Labute approximate surface area is 169 Å². The van der Waals surface area contributed by atoms with E-state index in [-0.39, 0.29) is 25.0 Å². The van der Waals surface area contributed by atoms with Gasteiger partial charge in [-0.15, -0.1) is 5.10 Å². The lowest BCUT2D eigenvalue weighted by Gasteiger charge is -2.22. The van der Waals surface area contributed by atoms with Crippen LogP contribution < -0.4 is 10.1 Å². The van der Waals surface area contributed by atoms with Crippen molar-refractivity contribution in [3.8, 4) is 5.88 Å². The average molecular weight is 392 g/mol. The zero-order chi connectivity index (χ0) is 20.6. The van der Waals surface area contributed by atoms with Crippen molar-refractivity contribution in [1.29, 1.82) is 0 Å². The zero-order valence-electron chi connectivity index (χ0n) is 16.6. The topological polar surface area (TPSA) is 84.4 Å². The molecule has 2 aromatic carbocycles. The molecule has 0 unspecified atom stereocenters. The van der Waals surface area contributed by atoms with Gasteiger partial charge in [-0.25, -0.2) is 0 Å². The van der Waals surface area contributed by atoms with E-state index in [0.29, 0.717) is 12.4 Å². The van der Waals surface area contributed by atoms with Crippen LogP contribution in [0.1, 0.15) is 18.9 Å². The molecule has 2 amide bonds. The van der Waals surface area contributed by atoms with E-state index in [4.69, 9.17) is 4.74 Å². The highest BCUT2D eigenvalue weighted by Crippen LogP contribution is 2.21.